The van der Waals surface area contributed by atoms with E-state index in [9.17, 15) is 14.7 Å². The first kappa shape index (κ1) is 26.6. The minimum atomic E-state index is -1.00. The zero-order valence-electron chi connectivity index (χ0n) is 19.2. The maximum Gasteiger partial charge on any atom is 0.326 e. The van der Waals surface area contributed by atoms with Crippen LogP contribution in [0.5, 0.6) is 0 Å². The van der Waals surface area contributed by atoms with Crippen molar-refractivity contribution in [1.29, 1.82) is 0 Å². The van der Waals surface area contributed by atoms with Gasteiger partial charge in [0.2, 0.25) is 5.91 Å². The SMILES string of the molecule is C=CC(/C(=N/N)NN)=C(\C=C)c1ccc(CN(C(=O)CCCC)C(C(=O)O)C(C)C)cc1. The highest BCUT2D eigenvalue weighted by Crippen LogP contribution is 2.23. The average Bonchev–Trinajstić information content (AvgIpc) is 2.77. The molecule has 32 heavy (non-hydrogen) atoms. The Kier molecular flexibility index (Phi) is 10.9. The largest absolute Gasteiger partial charge is 0.480 e. The Morgan fingerprint density at radius 2 is 1.84 bits per heavy atom. The van der Waals surface area contributed by atoms with Crippen molar-refractivity contribution in [3.05, 3.63) is 66.3 Å². The molecule has 0 radical (unpaired) electrons. The molecule has 0 aliphatic rings. The number of amides is 1. The number of carbonyl (C=O) groups excluding carboxylic acids is 1. The average molecular weight is 442 g/mol. The summed E-state index contributed by atoms with van der Waals surface area (Å²) in [4.78, 5) is 26.2. The highest BCUT2D eigenvalue weighted by molar-refractivity contribution is 6.08. The molecule has 174 valence electrons. The second kappa shape index (κ2) is 13.1. The van der Waals surface area contributed by atoms with E-state index in [0.717, 1.165) is 29.5 Å². The molecule has 8 nitrogen and oxygen atoms in total. The third-order valence-electron chi connectivity index (χ3n) is 5.12. The minimum Gasteiger partial charge on any atom is -0.480 e. The fraction of sp³-hybridized carbons (Fsp3) is 0.375. The third-order valence-corrected chi connectivity index (χ3v) is 5.12. The van der Waals surface area contributed by atoms with Crippen LogP contribution in [0.3, 0.4) is 0 Å². The number of nitrogens with two attached hydrogens (primary N) is 2. The van der Waals surface area contributed by atoms with Crippen molar-refractivity contribution in [2.75, 3.05) is 0 Å². The van der Waals surface area contributed by atoms with Crippen LogP contribution in [-0.4, -0.2) is 33.8 Å². The molecular formula is C24H35N5O3. The Morgan fingerprint density at radius 3 is 2.25 bits per heavy atom. The molecule has 0 aliphatic heterocycles. The first-order valence-corrected chi connectivity index (χ1v) is 10.6. The molecular weight excluding hydrogens is 406 g/mol. The lowest BCUT2D eigenvalue weighted by atomic mass is 9.97. The van der Waals surface area contributed by atoms with Crippen molar-refractivity contribution in [2.24, 2.45) is 22.7 Å². The molecule has 0 saturated heterocycles. The molecule has 0 heterocycles. The summed E-state index contributed by atoms with van der Waals surface area (Å²) in [6.07, 6.45) is 5.13. The van der Waals surface area contributed by atoms with E-state index in [1.807, 2.05) is 45.0 Å². The number of nitrogens with zero attached hydrogens (tertiary/aromatic N) is 2. The highest BCUT2D eigenvalue weighted by Gasteiger charge is 2.32. The fourth-order valence-electron chi connectivity index (χ4n) is 3.48. The third kappa shape index (κ3) is 6.81. The van der Waals surface area contributed by atoms with E-state index in [2.05, 4.69) is 23.7 Å². The Balaban J connectivity index is 3.32. The van der Waals surface area contributed by atoms with Gasteiger partial charge in [-0.15, -0.1) is 0 Å². The van der Waals surface area contributed by atoms with Crippen LogP contribution < -0.4 is 17.1 Å². The van der Waals surface area contributed by atoms with Crippen LogP contribution >= 0.6 is 0 Å². The zero-order chi connectivity index (χ0) is 24.3. The van der Waals surface area contributed by atoms with E-state index < -0.39 is 12.0 Å². The van der Waals surface area contributed by atoms with Gasteiger partial charge in [0.05, 0.1) is 0 Å². The van der Waals surface area contributed by atoms with E-state index in [1.54, 1.807) is 12.2 Å². The van der Waals surface area contributed by atoms with Crippen molar-refractivity contribution in [1.82, 2.24) is 10.3 Å². The molecule has 1 rings (SSSR count). The van der Waals surface area contributed by atoms with Gasteiger partial charge in [-0.1, -0.05) is 76.8 Å². The summed E-state index contributed by atoms with van der Waals surface area (Å²) in [5.41, 5.74) is 5.37. The van der Waals surface area contributed by atoms with Crippen LogP contribution in [0.1, 0.15) is 51.2 Å². The minimum absolute atomic E-state index is 0.157. The van der Waals surface area contributed by atoms with E-state index in [-0.39, 0.29) is 24.2 Å². The van der Waals surface area contributed by atoms with Crippen molar-refractivity contribution in [3.8, 4) is 0 Å². The van der Waals surface area contributed by atoms with Gasteiger partial charge in [0.15, 0.2) is 5.84 Å². The van der Waals surface area contributed by atoms with Gasteiger partial charge in [-0.2, -0.15) is 5.10 Å². The van der Waals surface area contributed by atoms with Crippen molar-refractivity contribution < 1.29 is 14.7 Å². The van der Waals surface area contributed by atoms with Crippen LogP contribution in [0.15, 0.2) is 60.2 Å². The molecule has 0 fully saturated rings. The monoisotopic (exact) mass is 441 g/mol. The Hall–Kier alpha value is -3.39. The fourth-order valence-corrected chi connectivity index (χ4v) is 3.48. The molecule has 0 saturated carbocycles. The molecule has 0 bridgehead atoms. The molecule has 0 spiro atoms. The Labute approximate surface area is 190 Å². The van der Waals surface area contributed by atoms with Gasteiger partial charge < -0.3 is 21.3 Å². The highest BCUT2D eigenvalue weighted by atomic mass is 16.4. The first-order chi connectivity index (χ1) is 15.2. The number of nitrogens with one attached hydrogen (secondary N) is 1. The predicted octanol–water partition coefficient (Wildman–Crippen LogP) is 3.18. The van der Waals surface area contributed by atoms with Gasteiger partial charge >= 0.3 is 5.97 Å². The maximum atomic E-state index is 12.8. The lowest BCUT2D eigenvalue weighted by Crippen LogP contribution is -2.47. The van der Waals surface area contributed by atoms with Gasteiger partial charge in [-0.3, -0.25) is 4.79 Å². The number of hydrogen-bond acceptors (Lipinski definition) is 5. The Bertz CT molecular complexity index is 872. The number of carboxylic acid groups (broad SMARTS) is 1. The summed E-state index contributed by atoms with van der Waals surface area (Å²) in [7, 11) is 0. The normalized spacial score (nSPS) is 13.2. The van der Waals surface area contributed by atoms with Gasteiger partial charge in [0.1, 0.15) is 6.04 Å². The number of aliphatic carboxylic acids is 1. The van der Waals surface area contributed by atoms with Crippen LogP contribution in [0.4, 0.5) is 0 Å². The van der Waals surface area contributed by atoms with Crippen molar-refractivity contribution >= 4 is 23.3 Å². The van der Waals surface area contributed by atoms with Gasteiger partial charge in [0.25, 0.3) is 0 Å². The number of amidine groups is 1. The van der Waals surface area contributed by atoms with Crippen LogP contribution in [0, 0.1) is 5.92 Å². The number of hydrazine groups is 1. The predicted molar refractivity (Wildman–Crippen MR) is 129 cm³/mol. The van der Waals surface area contributed by atoms with Gasteiger partial charge in [0, 0.05) is 18.5 Å². The van der Waals surface area contributed by atoms with E-state index in [0.29, 0.717) is 12.0 Å². The topological polar surface area (TPSA) is 134 Å². The van der Waals surface area contributed by atoms with Crippen LogP contribution in [-0.2, 0) is 16.1 Å². The standard InChI is InChI=1S/C24H35N5O3/c1-6-9-10-21(30)29(22(16(4)5)24(31)32)15-17-11-13-18(14-12-17)19(7-2)20(8-3)23(27-25)28-26/h7-8,11-14,16,22H,2-3,6,9-10,15,25-26H2,1,4-5H3,(H,27,28)(H,31,32)/b20-19-. The lowest BCUT2D eigenvalue weighted by molar-refractivity contribution is -0.153. The number of unbranched alkanes of at least 4 members (excludes halogenated alkanes) is 1. The second-order valence-corrected chi connectivity index (χ2v) is 7.71. The zero-order valence-corrected chi connectivity index (χ0v) is 19.2. The van der Waals surface area contributed by atoms with Crippen LogP contribution in [0.25, 0.3) is 5.57 Å². The number of rotatable bonds is 12. The number of hydrazone groups is 1. The van der Waals surface area contributed by atoms with E-state index in [1.165, 1.54) is 4.90 Å². The molecule has 1 amide bonds. The van der Waals surface area contributed by atoms with Gasteiger partial charge in [-0.05, 0) is 29.0 Å². The first-order valence-electron chi connectivity index (χ1n) is 10.6. The molecule has 1 atom stereocenters. The lowest BCUT2D eigenvalue weighted by Gasteiger charge is -2.32. The molecule has 0 aromatic heterocycles. The number of carboxylic acids is 1. The van der Waals surface area contributed by atoms with Crippen molar-refractivity contribution in [2.45, 2.75) is 52.6 Å². The number of carbonyl (C=O) groups is 2. The number of hydrogen-bond donors (Lipinski definition) is 4. The van der Waals surface area contributed by atoms with E-state index in [4.69, 9.17) is 11.7 Å². The summed E-state index contributed by atoms with van der Waals surface area (Å²) in [6.45, 7) is 13.5. The smallest absolute Gasteiger partial charge is 0.326 e. The molecule has 0 aliphatic carbocycles. The van der Waals surface area contributed by atoms with E-state index >= 15 is 0 Å². The summed E-state index contributed by atoms with van der Waals surface area (Å²) in [6, 6.07) is 6.54. The molecule has 1 aromatic carbocycles. The Morgan fingerprint density at radius 1 is 1.22 bits per heavy atom. The molecule has 8 heteroatoms. The molecule has 6 N–H and O–H groups in total. The number of allylic oxidation sites excluding steroid dienone is 2. The quantitative estimate of drug-likeness (QED) is 0.129. The second-order valence-electron chi connectivity index (χ2n) is 7.71. The maximum absolute atomic E-state index is 12.8. The summed E-state index contributed by atoms with van der Waals surface area (Å²) >= 11 is 0. The number of benzene rings is 1. The van der Waals surface area contributed by atoms with Crippen LogP contribution in [0.2, 0.25) is 0 Å². The van der Waals surface area contributed by atoms with Gasteiger partial charge in [-0.25, -0.2) is 10.6 Å². The molecule has 1 unspecified atom stereocenters. The van der Waals surface area contributed by atoms with Crippen molar-refractivity contribution in [3.63, 3.8) is 0 Å². The summed E-state index contributed by atoms with van der Waals surface area (Å²) in [5.74, 6) is 9.76. The summed E-state index contributed by atoms with van der Waals surface area (Å²) < 4.78 is 0. The summed E-state index contributed by atoms with van der Waals surface area (Å²) in [5, 5.41) is 13.4. The molecule has 1 aromatic rings.